The van der Waals surface area contributed by atoms with Crippen LogP contribution in [0.5, 0.6) is 0 Å². The van der Waals surface area contributed by atoms with Crippen LogP contribution in [0.4, 0.5) is 0 Å². The molecule has 0 aliphatic rings. The highest BCUT2D eigenvalue weighted by Gasteiger charge is 2.31. The third kappa shape index (κ3) is 2.57. The number of carboxylic acids is 1. The van der Waals surface area contributed by atoms with E-state index in [9.17, 15) is 4.79 Å². The van der Waals surface area contributed by atoms with Crippen LogP contribution < -0.4 is 5.73 Å². The van der Waals surface area contributed by atoms with E-state index < -0.39 is 11.4 Å². The minimum Gasteiger partial charge on any atom is -0.481 e. The summed E-state index contributed by atoms with van der Waals surface area (Å²) in [6.07, 6.45) is 0.823. The minimum absolute atomic E-state index is 0.0873. The van der Waals surface area contributed by atoms with Gasteiger partial charge in [0, 0.05) is 12.0 Å². The monoisotopic (exact) mass is 207 g/mol. The summed E-state index contributed by atoms with van der Waals surface area (Å²) in [6.45, 7) is 2.34. The number of carboxylic acid groups (broad SMARTS) is 1. The topological polar surface area (TPSA) is 63.3 Å². The molecule has 3 N–H and O–H groups in total. The summed E-state index contributed by atoms with van der Waals surface area (Å²) in [5.41, 5.74) is 6.32. The summed E-state index contributed by atoms with van der Waals surface area (Å²) < 4.78 is 0. The Morgan fingerprint density at radius 2 is 2.00 bits per heavy atom. The molecule has 0 radical (unpaired) electrons. The van der Waals surface area contributed by atoms with Crippen LogP contribution in [0.25, 0.3) is 0 Å². The van der Waals surface area contributed by atoms with E-state index in [4.69, 9.17) is 10.8 Å². The molecule has 1 aromatic rings. The van der Waals surface area contributed by atoms with Crippen LogP contribution in [-0.2, 0) is 10.2 Å². The van der Waals surface area contributed by atoms with Gasteiger partial charge >= 0.3 is 5.97 Å². The Labute approximate surface area is 89.9 Å². The first kappa shape index (κ1) is 11.7. The molecule has 1 atom stereocenters. The predicted octanol–water partition coefficient (Wildman–Crippen LogP) is 1.77. The zero-order valence-corrected chi connectivity index (χ0v) is 8.94. The average molecular weight is 207 g/mol. The lowest BCUT2D eigenvalue weighted by Crippen LogP contribution is -2.36. The average Bonchev–Trinajstić information content (AvgIpc) is 2.27. The molecule has 1 unspecified atom stereocenters. The highest BCUT2D eigenvalue weighted by atomic mass is 16.4. The highest BCUT2D eigenvalue weighted by Crippen LogP contribution is 2.30. The first-order valence-corrected chi connectivity index (χ1v) is 5.12. The van der Waals surface area contributed by atoms with Crippen molar-refractivity contribution < 1.29 is 9.90 Å². The van der Waals surface area contributed by atoms with Crippen LogP contribution in [0.15, 0.2) is 30.3 Å². The Kier molecular flexibility index (Phi) is 3.86. The number of nitrogens with two attached hydrogens (primary N) is 1. The van der Waals surface area contributed by atoms with E-state index in [1.165, 1.54) is 0 Å². The van der Waals surface area contributed by atoms with Gasteiger partial charge in [0.15, 0.2) is 0 Å². The van der Waals surface area contributed by atoms with Crippen LogP contribution in [0, 0.1) is 0 Å². The molecular formula is C12H17NO2. The second-order valence-electron chi connectivity index (χ2n) is 3.77. The lowest BCUT2D eigenvalue weighted by molar-refractivity contribution is -0.138. The Hall–Kier alpha value is -1.35. The summed E-state index contributed by atoms with van der Waals surface area (Å²) >= 11 is 0. The van der Waals surface area contributed by atoms with Gasteiger partial charge in [-0.1, -0.05) is 37.3 Å². The van der Waals surface area contributed by atoms with Gasteiger partial charge in [-0.15, -0.1) is 0 Å². The lowest BCUT2D eigenvalue weighted by Gasteiger charge is -2.30. The summed E-state index contributed by atoms with van der Waals surface area (Å²) in [7, 11) is 0. The molecule has 0 bridgehead atoms. The Morgan fingerprint density at radius 1 is 1.40 bits per heavy atom. The summed E-state index contributed by atoms with van der Waals surface area (Å²) in [5.74, 6) is -0.800. The normalized spacial score (nSPS) is 14.5. The molecule has 1 rings (SSSR count). The van der Waals surface area contributed by atoms with Gasteiger partial charge in [-0.05, 0) is 12.0 Å². The third-order valence-corrected chi connectivity index (χ3v) is 2.94. The zero-order chi connectivity index (χ0) is 11.3. The second kappa shape index (κ2) is 4.94. The van der Waals surface area contributed by atoms with E-state index in [0.717, 1.165) is 12.0 Å². The SMILES string of the molecule is CCC(CN)(CC(=O)O)c1ccccc1. The molecule has 1 aromatic carbocycles. The summed E-state index contributed by atoms with van der Waals surface area (Å²) in [5, 5.41) is 8.92. The smallest absolute Gasteiger partial charge is 0.304 e. The van der Waals surface area contributed by atoms with Crippen LogP contribution in [0.2, 0.25) is 0 Å². The maximum Gasteiger partial charge on any atom is 0.304 e. The predicted molar refractivity (Wildman–Crippen MR) is 59.7 cm³/mol. The maximum absolute atomic E-state index is 10.9. The quantitative estimate of drug-likeness (QED) is 0.773. The molecule has 0 fully saturated rings. The van der Waals surface area contributed by atoms with Crippen LogP contribution >= 0.6 is 0 Å². The molecule has 0 amide bonds. The molecule has 0 aromatic heterocycles. The number of benzene rings is 1. The largest absolute Gasteiger partial charge is 0.481 e. The van der Waals surface area contributed by atoms with Crippen LogP contribution in [-0.4, -0.2) is 17.6 Å². The molecule has 82 valence electrons. The number of carbonyl (C=O) groups is 1. The van der Waals surface area contributed by atoms with Crippen molar-refractivity contribution in [3.8, 4) is 0 Å². The molecule has 3 heteroatoms. The van der Waals surface area contributed by atoms with Gasteiger partial charge < -0.3 is 10.8 Å². The molecule has 15 heavy (non-hydrogen) atoms. The molecule has 0 saturated heterocycles. The molecule has 0 spiro atoms. The molecule has 0 aliphatic heterocycles. The summed E-state index contributed by atoms with van der Waals surface area (Å²) in [4.78, 5) is 10.9. The Balaban J connectivity index is 3.05. The van der Waals surface area contributed by atoms with Gasteiger partial charge in [-0.3, -0.25) is 4.79 Å². The lowest BCUT2D eigenvalue weighted by atomic mass is 9.75. The highest BCUT2D eigenvalue weighted by molar-refractivity contribution is 5.69. The minimum atomic E-state index is -0.800. The summed E-state index contributed by atoms with van der Waals surface area (Å²) in [6, 6.07) is 9.63. The van der Waals surface area contributed by atoms with Gasteiger partial charge in [0.05, 0.1) is 6.42 Å². The number of rotatable bonds is 5. The van der Waals surface area contributed by atoms with Crippen molar-refractivity contribution in [2.45, 2.75) is 25.2 Å². The zero-order valence-electron chi connectivity index (χ0n) is 8.94. The van der Waals surface area contributed by atoms with Crippen molar-refractivity contribution in [1.29, 1.82) is 0 Å². The number of hydrogen-bond acceptors (Lipinski definition) is 2. The Bertz CT molecular complexity index is 318. The fourth-order valence-electron chi connectivity index (χ4n) is 1.85. The van der Waals surface area contributed by atoms with Crippen molar-refractivity contribution in [2.24, 2.45) is 5.73 Å². The van der Waals surface area contributed by atoms with E-state index in [1.807, 2.05) is 37.3 Å². The van der Waals surface area contributed by atoms with Crippen molar-refractivity contribution in [2.75, 3.05) is 6.54 Å². The standard InChI is InChI=1S/C12H17NO2/c1-2-12(9-13,8-11(14)15)10-6-4-3-5-7-10/h3-7H,2,8-9,13H2,1H3,(H,14,15). The molecule has 0 heterocycles. The van der Waals surface area contributed by atoms with Gasteiger partial charge in [-0.25, -0.2) is 0 Å². The maximum atomic E-state index is 10.9. The van der Waals surface area contributed by atoms with Crippen molar-refractivity contribution in [1.82, 2.24) is 0 Å². The second-order valence-corrected chi connectivity index (χ2v) is 3.77. The van der Waals surface area contributed by atoms with Gasteiger partial charge in [-0.2, -0.15) is 0 Å². The fourth-order valence-corrected chi connectivity index (χ4v) is 1.85. The number of aliphatic carboxylic acids is 1. The van der Waals surface area contributed by atoms with Crippen LogP contribution in [0.3, 0.4) is 0 Å². The van der Waals surface area contributed by atoms with E-state index in [2.05, 4.69) is 0 Å². The van der Waals surface area contributed by atoms with E-state index in [1.54, 1.807) is 0 Å². The number of hydrogen-bond donors (Lipinski definition) is 2. The van der Waals surface area contributed by atoms with E-state index in [0.29, 0.717) is 6.54 Å². The molecule has 0 aliphatic carbocycles. The first-order valence-electron chi connectivity index (χ1n) is 5.12. The Morgan fingerprint density at radius 3 is 2.40 bits per heavy atom. The van der Waals surface area contributed by atoms with Crippen molar-refractivity contribution in [3.05, 3.63) is 35.9 Å². The van der Waals surface area contributed by atoms with Gasteiger partial charge in [0.1, 0.15) is 0 Å². The molecular weight excluding hydrogens is 190 g/mol. The molecule has 0 saturated carbocycles. The fraction of sp³-hybridized carbons (Fsp3) is 0.417. The van der Waals surface area contributed by atoms with E-state index >= 15 is 0 Å². The third-order valence-electron chi connectivity index (χ3n) is 2.94. The first-order chi connectivity index (χ1) is 7.14. The van der Waals surface area contributed by atoms with Crippen LogP contribution in [0.1, 0.15) is 25.3 Å². The van der Waals surface area contributed by atoms with Crippen molar-refractivity contribution >= 4 is 5.97 Å². The van der Waals surface area contributed by atoms with Gasteiger partial charge in [0.2, 0.25) is 0 Å². The van der Waals surface area contributed by atoms with E-state index in [-0.39, 0.29) is 6.42 Å². The van der Waals surface area contributed by atoms with Crippen molar-refractivity contribution in [3.63, 3.8) is 0 Å². The molecule has 3 nitrogen and oxygen atoms in total. The van der Waals surface area contributed by atoms with Gasteiger partial charge in [0.25, 0.3) is 0 Å².